The molecule has 1 atom stereocenters. The third kappa shape index (κ3) is 4.62. The number of nitrogens with one attached hydrogen (secondary N) is 2. The summed E-state index contributed by atoms with van der Waals surface area (Å²) in [5.74, 6) is -1.02. The van der Waals surface area contributed by atoms with Crippen molar-refractivity contribution >= 4 is 17.7 Å². The molecule has 0 saturated heterocycles. The second-order valence-corrected chi connectivity index (χ2v) is 4.60. The van der Waals surface area contributed by atoms with Crippen LogP contribution in [0.3, 0.4) is 0 Å². The van der Waals surface area contributed by atoms with Crippen molar-refractivity contribution in [2.75, 3.05) is 5.32 Å². The summed E-state index contributed by atoms with van der Waals surface area (Å²) in [4.78, 5) is 22.7. The fourth-order valence-corrected chi connectivity index (χ4v) is 1.73. The van der Waals surface area contributed by atoms with E-state index in [1.165, 1.54) is 0 Å². The van der Waals surface area contributed by atoms with Crippen molar-refractivity contribution in [3.8, 4) is 0 Å². The van der Waals surface area contributed by atoms with Gasteiger partial charge in [-0.05, 0) is 37.5 Å². The van der Waals surface area contributed by atoms with Gasteiger partial charge in [-0.15, -0.1) is 0 Å². The van der Waals surface area contributed by atoms with E-state index in [0.29, 0.717) is 18.5 Å². The summed E-state index contributed by atoms with van der Waals surface area (Å²) in [7, 11) is 0. The molecule has 1 aromatic rings. The number of rotatable bonds is 5. The normalized spacial score (nSPS) is 11.7. The largest absolute Gasteiger partial charge is 0.480 e. The van der Waals surface area contributed by atoms with E-state index in [1.54, 1.807) is 0 Å². The Balaban J connectivity index is 2.68. The number of carbonyl (C=O) groups is 2. The molecule has 5 heteroatoms. The van der Waals surface area contributed by atoms with Gasteiger partial charge in [-0.1, -0.05) is 25.5 Å². The maximum absolute atomic E-state index is 11.8. The zero-order valence-electron chi connectivity index (χ0n) is 11.5. The van der Waals surface area contributed by atoms with Crippen LogP contribution in [0.15, 0.2) is 18.2 Å². The van der Waals surface area contributed by atoms with Gasteiger partial charge in [-0.2, -0.15) is 0 Å². The zero-order chi connectivity index (χ0) is 14.4. The molecule has 0 aliphatic carbocycles. The summed E-state index contributed by atoms with van der Waals surface area (Å²) >= 11 is 0. The number of carboxylic acid groups (broad SMARTS) is 1. The highest BCUT2D eigenvalue weighted by Crippen LogP contribution is 2.16. The van der Waals surface area contributed by atoms with Gasteiger partial charge >= 0.3 is 12.0 Å². The van der Waals surface area contributed by atoms with E-state index in [2.05, 4.69) is 10.6 Å². The predicted molar refractivity (Wildman–Crippen MR) is 74.4 cm³/mol. The van der Waals surface area contributed by atoms with Crippen molar-refractivity contribution in [1.82, 2.24) is 5.32 Å². The molecular formula is C14H20N2O3. The summed E-state index contributed by atoms with van der Waals surface area (Å²) in [5, 5.41) is 14.1. The first-order valence-electron chi connectivity index (χ1n) is 6.31. The Morgan fingerprint density at radius 2 is 2.00 bits per heavy atom. The minimum Gasteiger partial charge on any atom is -0.480 e. The maximum atomic E-state index is 11.8. The molecule has 0 aliphatic heterocycles. The van der Waals surface area contributed by atoms with Crippen molar-refractivity contribution in [3.05, 3.63) is 29.3 Å². The van der Waals surface area contributed by atoms with Crippen LogP contribution < -0.4 is 10.6 Å². The molecule has 1 aromatic carbocycles. The second kappa shape index (κ2) is 6.78. The first kappa shape index (κ1) is 15.0. The molecule has 5 nitrogen and oxygen atoms in total. The van der Waals surface area contributed by atoms with E-state index >= 15 is 0 Å². The van der Waals surface area contributed by atoms with Crippen LogP contribution in [0.5, 0.6) is 0 Å². The number of urea groups is 1. The van der Waals surface area contributed by atoms with Crippen molar-refractivity contribution in [2.45, 2.75) is 39.7 Å². The van der Waals surface area contributed by atoms with Crippen LogP contribution in [0.25, 0.3) is 0 Å². The Bertz CT molecular complexity index is 472. The number of carbonyl (C=O) groups excluding carboxylic acids is 1. The van der Waals surface area contributed by atoms with Gasteiger partial charge in [0, 0.05) is 5.69 Å². The molecule has 104 valence electrons. The molecule has 0 heterocycles. The topological polar surface area (TPSA) is 78.4 Å². The minimum absolute atomic E-state index is 0.412. The molecule has 1 rings (SSSR count). The minimum atomic E-state index is -1.02. The Hall–Kier alpha value is -2.04. The number of hydrogen-bond donors (Lipinski definition) is 3. The third-order valence-electron chi connectivity index (χ3n) is 2.82. The first-order chi connectivity index (χ1) is 8.93. The van der Waals surface area contributed by atoms with Gasteiger partial charge in [0.1, 0.15) is 6.04 Å². The molecule has 0 aliphatic rings. The summed E-state index contributed by atoms with van der Waals surface area (Å²) in [6.07, 6.45) is 1.11. The van der Waals surface area contributed by atoms with Crippen LogP contribution in [-0.2, 0) is 4.79 Å². The van der Waals surface area contributed by atoms with Crippen LogP contribution in [0, 0.1) is 13.8 Å². The lowest BCUT2D eigenvalue weighted by atomic mass is 10.1. The van der Waals surface area contributed by atoms with Gasteiger partial charge in [0.25, 0.3) is 0 Å². The average molecular weight is 264 g/mol. The van der Waals surface area contributed by atoms with Crippen molar-refractivity contribution in [3.63, 3.8) is 0 Å². The highest BCUT2D eigenvalue weighted by atomic mass is 16.4. The first-order valence-corrected chi connectivity index (χ1v) is 6.31. The molecule has 1 unspecified atom stereocenters. The number of anilines is 1. The Labute approximate surface area is 113 Å². The lowest BCUT2D eigenvalue weighted by Gasteiger charge is -2.15. The number of hydrogen-bond acceptors (Lipinski definition) is 2. The summed E-state index contributed by atoms with van der Waals surface area (Å²) in [6, 6.07) is 4.37. The van der Waals surface area contributed by atoms with E-state index in [9.17, 15) is 9.59 Å². The molecule has 0 radical (unpaired) electrons. The third-order valence-corrected chi connectivity index (χ3v) is 2.82. The van der Waals surface area contributed by atoms with Gasteiger partial charge in [0.05, 0.1) is 0 Å². The van der Waals surface area contributed by atoms with E-state index in [1.807, 2.05) is 39.0 Å². The predicted octanol–water partition coefficient (Wildman–Crippen LogP) is 2.68. The lowest BCUT2D eigenvalue weighted by Crippen LogP contribution is -2.42. The van der Waals surface area contributed by atoms with Gasteiger partial charge in [0.2, 0.25) is 0 Å². The Kier molecular flexibility index (Phi) is 5.36. The van der Waals surface area contributed by atoms with Crippen molar-refractivity contribution in [1.29, 1.82) is 0 Å². The van der Waals surface area contributed by atoms with Crippen LogP contribution in [-0.4, -0.2) is 23.1 Å². The molecule has 2 amide bonds. The van der Waals surface area contributed by atoms with E-state index in [-0.39, 0.29) is 0 Å². The molecular weight excluding hydrogens is 244 g/mol. The maximum Gasteiger partial charge on any atom is 0.326 e. The van der Waals surface area contributed by atoms with Crippen LogP contribution >= 0.6 is 0 Å². The van der Waals surface area contributed by atoms with Gasteiger partial charge < -0.3 is 15.7 Å². The van der Waals surface area contributed by atoms with E-state index in [4.69, 9.17) is 5.11 Å². The summed E-state index contributed by atoms with van der Waals surface area (Å²) in [6.45, 7) is 5.69. The fourth-order valence-electron chi connectivity index (χ4n) is 1.73. The molecule has 0 saturated carbocycles. The fraction of sp³-hybridized carbons (Fsp3) is 0.429. The van der Waals surface area contributed by atoms with E-state index in [0.717, 1.165) is 11.1 Å². The number of aliphatic carboxylic acids is 1. The van der Waals surface area contributed by atoms with Crippen molar-refractivity contribution < 1.29 is 14.7 Å². The molecule has 3 N–H and O–H groups in total. The molecule has 0 aromatic heterocycles. The van der Waals surface area contributed by atoms with Gasteiger partial charge in [0.15, 0.2) is 0 Å². The number of amides is 2. The molecule has 0 fully saturated rings. The van der Waals surface area contributed by atoms with Crippen molar-refractivity contribution in [2.24, 2.45) is 0 Å². The van der Waals surface area contributed by atoms with Crippen LogP contribution in [0.4, 0.5) is 10.5 Å². The number of benzene rings is 1. The highest BCUT2D eigenvalue weighted by Gasteiger charge is 2.18. The summed E-state index contributed by atoms with van der Waals surface area (Å²) < 4.78 is 0. The molecule has 0 spiro atoms. The standard InChI is InChI=1S/C14H20N2O3/c1-4-5-11(13(17)18)15-14(19)16-12-8-9(2)6-7-10(12)3/h6-8,11H,4-5H2,1-3H3,(H,17,18)(H2,15,16,19). The number of carboxylic acids is 1. The van der Waals surface area contributed by atoms with Crippen LogP contribution in [0.2, 0.25) is 0 Å². The molecule has 0 bridgehead atoms. The summed E-state index contributed by atoms with van der Waals surface area (Å²) in [5.41, 5.74) is 2.66. The number of aryl methyl sites for hydroxylation is 2. The van der Waals surface area contributed by atoms with Gasteiger partial charge in [-0.3, -0.25) is 0 Å². The molecule has 19 heavy (non-hydrogen) atoms. The zero-order valence-corrected chi connectivity index (χ0v) is 11.5. The quantitative estimate of drug-likeness (QED) is 0.765. The average Bonchev–Trinajstić information content (AvgIpc) is 2.33. The van der Waals surface area contributed by atoms with Gasteiger partial charge in [-0.25, -0.2) is 9.59 Å². The highest BCUT2D eigenvalue weighted by molar-refractivity contribution is 5.92. The van der Waals surface area contributed by atoms with E-state index < -0.39 is 18.0 Å². The SMILES string of the molecule is CCCC(NC(=O)Nc1cc(C)ccc1C)C(=O)O. The lowest BCUT2D eigenvalue weighted by molar-refractivity contribution is -0.139. The van der Waals surface area contributed by atoms with Crippen LogP contribution in [0.1, 0.15) is 30.9 Å². The monoisotopic (exact) mass is 264 g/mol. The Morgan fingerprint density at radius 1 is 1.32 bits per heavy atom. The second-order valence-electron chi connectivity index (χ2n) is 4.60. The smallest absolute Gasteiger partial charge is 0.326 e. The Morgan fingerprint density at radius 3 is 2.58 bits per heavy atom.